The molecule has 1 N–H and O–H groups in total. The van der Waals surface area contributed by atoms with Crippen LogP contribution in [0.2, 0.25) is 0 Å². The Morgan fingerprint density at radius 3 is 2.88 bits per heavy atom. The lowest BCUT2D eigenvalue weighted by Crippen LogP contribution is -1.91. The third-order valence-corrected chi connectivity index (χ3v) is 3.83. The van der Waals surface area contributed by atoms with Crippen molar-refractivity contribution in [2.24, 2.45) is 5.10 Å². The van der Waals surface area contributed by atoms with Crippen molar-refractivity contribution >= 4 is 28.4 Å². The van der Waals surface area contributed by atoms with Gasteiger partial charge in [-0.1, -0.05) is 24.3 Å². The van der Waals surface area contributed by atoms with Crippen LogP contribution in [-0.4, -0.2) is 16.1 Å². The van der Waals surface area contributed by atoms with Crippen LogP contribution in [0.3, 0.4) is 0 Å². The molecule has 8 heteroatoms. The summed E-state index contributed by atoms with van der Waals surface area (Å²) in [6, 6.07) is 12.3. The lowest BCUT2D eigenvalue weighted by molar-refractivity contribution is -0.384. The highest BCUT2D eigenvalue weighted by atomic mass is 32.1. The Morgan fingerprint density at radius 1 is 1.25 bits per heavy atom. The maximum Gasteiger partial charge on any atom is 0.270 e. The van der Waals surface area contributed by atoms with Gasteiger partial charge in [-0.3, -0.25) is 15.5 Å². The van der Waals surface area contributed by atoms with E-state index in [1.807, 2.05) is 0 Å². The summed E-state index contributed by atoms with van der Waals surface area (Å²) in [4.78, 5) is 14.7. The Bertz CT molecular complexity index is 910. The van der Waals surface area contributed by atoms with Crippen molar-refractivity contribution in [2.75, 3.05) is 5.43 Å². The standard InChI is InChI=1S/C16H11FN4O2S/c17-13-5-1-3-11(7-13)9-18-20-16-19-15(10-24-16)12-4-2-6-14(8-12)21(22)23/h1-10H,(H,19,20)/b18-9+. The van der Waals surface area contributed by atoms with E-state index in [2.05, 4.69) is 15.5 Å². The van der Waals surface area contributed by atoms with Gasteiger partial charge >= 0.3 is 0 Å². The molecule has 0 aliphatic heterocycles. The number of hydrogen-bond acceptors (Lipinski definition) is 6. The molecule has 24 heavy (non-hydrogen) atoms. The van der Waals surface area contributed by atoms with E-state index >= 15 is 0 Å². The zero-order valence-corrected chi connectivity index (χ0v) is 13.0. The number of thiazole rings is 1. The second-order valence-corrected chi connectivity index (χ2v) is 5.63. The number of nitro benzene ring substituents is 1. The van der Waals surface area contributed by atoms with Gasteiger partial charge in [0.15, 0.2) is 0 Å². The Hall–Kier alpha value is -3.13. The van der Waals surface area contributed by atoms with E-state index in [4.69, 9.17) is 0 Å². The lowest BCUT2D eigenvalue weighted by Gasteiger charge is -1.97. The number of nitrogens with zero attached hydrogens (tertiary/aromatic N) is 3. The SMILES string of the molecule is O=[N+]([O-])c1cccc(-c2csc(N/N=C/c3cccc(F)c3)n2)c1. The summed E-state index contributed by atoms with van der Waals surface area (Å²) in [5, 5.41) is 17.1. The van der Waals surface area contributed by atoms with Gasteiger partial charge in [0.1, 0.15) is 5.82 Å². The molecule has 0 bridgehead atoms. The molecule has 3 aromatic rings. The molecule has 1 heterocycles. The summed E-state index contributed by atoms with van der Waals surface area (Å²) < 4.78 is 13.1. The summed E-state index contributed by atoms with van der Waals surface area (Å²) in [6.07, 6.45) is 1.48. The minimum Gasteiger partial charge on any atom is -0.258 e. The largest absolute Gasteiger partial charge is 0.270 e. The summed E-state index contributed by atoms with van der Waals surface area (Å²) in [5.74, 6) is -0.332. The van der Waals surface area contributed by atoms with Gasteiger partial charge < -0.3 is 0 Å². The number of hydrogen-bond donors (Lipinski definition) is 1. The van der Waals surface area contributed by atoms with Crippen molar-refractivity contribution in [3.05, 3.63) is 75.4 Å². The van der Waals surface area contributed by atoms with Crippen LogP contribution in [0, 0.1) is 15.9 Å². The second-order valence-electron chi connectivity index (χ2n) is 4.77. The van der Waals surface area contributed by atoms with Crippen LogP contribution < -0.4 is 5.43 Å². The summed E-state index contributed by atoms with van der Waals surface area (Å²) in [7, 11) is 0. The van der Waals surface area contributed by atoms with E-state index in [1.54, 1.807) is 29.6 Å². The highest BCUT2D eigenvalue weighted by Crippen LogP contribution is 2.27. The highest BCUT2D eigenvalue weighted by Gasteiger charge is 2.09. The molecule has 0 aliphatic carbocycles. The minimum atomic E-state index is -0.446. The molecule has 0 atom stereocenters. The lowest BCUT2D eigenvalue weighted by atomic mass is 10.1. The van der Waals surface area contributed by atoms with Crippen molar-refractivity contribution in [1.82, 2.24) is 4.98 Å². The van der Waals surface area contributed by atoms with Gasteiger partial charge in [0.05, 0.1) is 16.8 Å². The zero-order valence-electron chi connectivity index (χ0n) is 12.2. The van der Waals surface area contributed by atoms with E-state index in [9.17, 15) is 14.5 Å². The fraction of sp³-hybridized carbons (Fsp3) is 0. The molecule has 0 saturated carbocycles. The van der Waals surface area contributed by atoms with E-state index < -0.39 is 4.92 Å². The van der Waals surface area contributed by atoms with Gasteiger partial charge in [0.25, 0.3) is 5.69 Å². The van der Waals surface area contributed by atoms with Gasteiger partial charge in [-0.2, -0.15) is 5.10 Å². The number of rotatable bonds is 5. The Kier molecular flexibility index (Phi) is 4.57. The van der Waals surface area contributed by atoms with Crippen molar-refractivity contribution in [2.45, 2.75) is 0 Å². The van der Waals surface area contributed by atoms with Gasteiger partial charge in [-0.25, -0.2) is 9.37 Å². The normalized spacial score (nSPS) is 10.9. The van der Waals surface area contributed by atoms with Crippen LogP contribution in [0.4, 0.5) is 15.2 Å². The molecule has 0 spiro atoms. The van der Waals surface area contributed by atoms with Crippen molar-refractivity contribution in [1.29, 1.82) is 0 Å². The molecular weight excluding hydrogens is 331 g/mol. The molecule has 0 unspecified atom stereocenters. The number of nitro groups is 1. The minimum absolute atomic E-state index is 0.0131. The molecule has 120 valence electrons. The third kappa shape index (κ3) is 3.79. The first-order chi connectivity index (χ1) is 11.6. The topological polar surface area (TPSA) is 80.4 Å². The molecule has 0 fully saturated rings. The van der Waals surface area contributed by atoms with Crippen molar-refractivity contribution in [3.63, 3.8) is 0 Å². The molecule has 1 aromatic heterocycles. The Labute approximate surface area is 140 Å². The smallest absolute Gasteiger partial charge is 0.258 e. The number of aromatic nitrogens is 1. The zero-order chi connectivity index (χ0) is 16.9. The number of non-ortho nitro benzene ring substituents is 1. The fourth-order valence-corrected chi connectivity index (χ4v) is 2.65. The quantitative estimate of drug-likeness (QED) is 0.426. The van der Waals surface area contributed by atoms with Crippen LogP contribution in [0.25, 0.3) is 11.3 Å². The van der Waals surface area contributed by atoms with Gasteiger partial charge in [0, 0.05) is 23.1 Å². The third-order valence-electron chi connectivity index (χ3n) is 3.08. The Morgan fingerprint density at radius 2 is 2.08 bits per heavy atom. The molecule has 0 amide bonds. The molecule has 0 saturated heterocycles. The van der Waals surface area contributed by atoms with Gasteiger partial charge in [0.2, 0.25) is 5.13 Å². The van der Waals surface area contributed by atoms with E-state index in [0.29, 0.717) is 22.0 Å². The Balaban J connectivity index is 1.72. The van der Waals surface area contributed by atoms with Crippen molar-refractivity contribution in [3.8, 4) is 11.3 Å². The van der Waals surface area contributed by atoms with Crippen molar-refractivity contribution < 1.29 is 9.31 Å². The van der Waals surface area contributed by atoms with E-state index in [0.717, 1.165) is 0 Å². The monoisotopic (exact) mass is 342 g/mol. The maximum absolute atomic E-state index is 13.1. The summed E-state index contributed by atoms with van der Waals surface area (Å²) in [5.41, 5.74) is 4.67. The molecule has 0 radical (unpaired) electrons. The predicted octanol–water partition coefficient (Wildman–Crippen LogP) is 4.30. The fourth-order valence-electron chi connectivity index (χ4n) is 1.99. The first-order valence-corrected chi connectivity index (χ1v) is 7.75. The average Bonchev–Trinajstić information content (AvgIpc) is 3.04. The maximum atomic E-state index is 13.1. The number of hydrazone groups is 1. The molecular formula is C16H11FN4O2S. The van der Waals surface area contributed by atoms with Gasteiger partial charge in [-0.15, -0.1) is 11.3 Å². The number of nitrogens with one attached hydrogen (secondary N) is 1. The van der Waals surface area contributed by atoms with Gasteiger partial charge in [-0.05, 0) is 17.7 Å². The molecule has 0 aliphatic rings. The molecule has 2 aromatic carbocycles. The number of halogens is 1. The van der Waals surface area contributed by atoms with Crippen LogP contribution in [0.1, 0.15) is 5.56 Å². The first-order valence-electron chi connectivity index (χ1n) is 6.87. The number of anilines is 1. The summed E-state index contributed by atoms with van der Waals surface area (Å²) in [6.45, 7) is 0. The first kappa shape index (κ1) is 15.8. The highest BCUT2D eigenvalue weighted by molar-refractivity contribution is 7.14. The van der Waals surface area contributed by atoms with Crippen LogP contribution in [-0.2, 0) is 0 Å². The van der Waals surface area contributed by atoms with E-state index in [1.165, 1.54) is 41.8 Å². The van der Waals surface area contributed by atoms with Crippen LogP contribution in [0.5, 0.6) is 0 Å². The van der Waals surface area contributed by atoms with Crippen LogP contribution >= 0.6 is 11.3 Å². The van der Waals surface area contributed by atoms with E-state index in [-0.39, 0.29) is 11.5 Å². The molecule has 6 nitrogen and oxygen atoms in total. The predicted molar refractivity (Wildman–Crippen MR) is 91.8 cm³/mol. The second kappa shape index (κ2) is 6.97. The average molecular weight is 342 g/mol. The molecule has 3 rings (SSSR count). The van der Waals surface area contributed by atoms with Crippen LogP contribution in [0.15, 0.2) is 59.0 Å². The number of benzene rings is 2. The summed E-state index contributed by atoms with van der Waals surface area (Å²) >= 11 is 1.32.